The van der Waals surface area contributed by atoms with Crippen molar-refractivity contribution in [3.05, 3.63) is 42.0 Å². The minimum absolute atomic E-state index is 0.182. The van der Waals surface area contributed by atoms with E-state index in [1.54, 1.807) is 0 Å². The van der Waals surface area contributed by atoms with Crippen LogP contribution in [-0.4, -0.2) is 47.7 Å². The molecule has 2 aromatic rings. The van der Waals surface area contributed by atoms with Crippen LogP contribution in [-0.2, 0) is 10.9 Å². The lowest BCUT2D eigenvalue weighted by Gasteiger charge is -2.20. The predicted octanol–water partition coefficient (Wildman–Crippen LogP) is 2.44. The molecular formula is C18H17F3N4O3. The first-order chi connectivity index (χ1) is 13.4. The molecule has 28 heavy (non-hydrogen) atoms. The predicted molar refractivity (Wildman–Crippen MR) is 90.8 cm³/mol. The average Bonchev–Trinajstić information content (AvgIpc) is 3.14. The van der Waals surface area contributed by atoms with E-state index in [1.165, 1.54) is 31.5 Å². The topological polar surface area (TPSA) is 77.4 Å². The zero-order chi connectivity index (χ0) is 19.9. The molecule has 7 nitrogen and oxygen atoms in total. The van der Waals surface area contributed by atoms with Crippen molar-refractivity contribution in [1.82, 2.24) is 15.0 Å². The minimum atomic E-state index is -4.55. The summed E-state index contributed by atoms with van der Waals surface area (Å²) < 4.78 is 49.0. The van der Waals surface area contributed by atoms with E-state index < -0.39 is 17.8 Å². The van der Waals surface area contributed by atoms with Crippen molar-refractivity contribution in [2.24, 2.45) is 17.8 Å². The highest BCUT2D eigenvalue weighted by molar-refractivity contribution is 5.87. The van der Waals surface area contributed by atoms with Gasteiger partial charge in [-0.25, -0.2) is 19.7 Å². The maximum Gasteiger partial charge on any atom is 0.437 e. The van der Waals surface area contributed by atoms with Crippen LogP contribution in [0.1, 0.15) is 16.2 Å². The highest BCUT2D eigenvalue weighted by atomic mass is 19.4. The Kier molecular flexibility index (Phi) is 4.56. The Morgan fingerprint density at radius 1 is 1.21 bits per heavy atom. The molecule has 0 N–H and O–H groups in total. The molecule has 3 heterocycles. The third-order valence-corrected chi connectivity index (χ3v) is 5.16. The summed E-state index contributed by atoms with van der Waals surface area (Å²) in [4.78, 5) is 25.3. The Hall–Kier alpha value is -2.91. The summed E-state index contributed by atoms with van der Waals surface area (Å²) in [5, 5.41) is 0. The van der Waals surface area contributed by atoms with Crippen molar-refractivity contribution in [1.29, 1.82) is 0 Å². The van der Waals surface area contributed by atoms with Crippen LogP contribution in [0, 0.1) is 17.8 Å². The van der Waals surface area contributed by atoms with Gasteiger partial charge in [-0.05, 0) is 30.0 Å². The van der Waals surface area contributed by atoms with Crippen molar-refractivity contribution in [3.63, 3.8) is 0 Å². The van der Waals surface area contributed by atoms with E-state index >= 15 is 0 Å². The Morgan fingerprint density at radius 2 is 1.96 bits per heavy atom. The number of ether oxygens (including phenoxy) is 2. The molecule has 3 atom stereocenters. The Labute approximate surface area is 158 Å². The molecular weight excluding hydrogens is 377 g/mol. The Balaban J connectivity index is 1.35. The molecule has 1 saturated heterocycles. The largest absolute Gasteiger partial charge is 0.491 e. The van der Waals surface area contributed by atoms with Crippen molar-refractivity contribution in [2.45, 2.75) is 6.18 Å². The molecule has 4 rings (SSSR count). The summed E-state index contributed by atoms with van der Waals surface area (Å²) in [7, 11) is 1.28. The summed E-state index contributed by atoms with van der Waals surface area (Å²) >= 11 is 0. The van der Waals surface area contributed by atoms with E-state index in [0.29, 0.717) is 30.9 Å². The summed E-state index contributed by atoms with van der Waals surface area (Å²) in [6.07, 6.45) is -1.95. The molecule has 2 aliphatic rings. The molecule has 0 unspecified atom stereocenters. The van der Waals surface area contributed by atoms with Gasteiger partial charge in [-0.3, -0.25) is 0 Å². The second kappa shape index (κ2) is 6.92. The number of rotatable bonds is 5. The fourth-order valence-corrected chi connectivity index (χ4v) is 3.68. The van der Waals surface area contributed by atoms with E-state index in [9.17, 15) is 18.0 Å². The molecule has 1 aliphatic carbocycles. The summed E-state index contributed by atoms with van der Waals surface area (Å²) in [6.45, 7) is 1.55. The van der Waals surface area contributed by atoms with Gasteiger partial charge in [0.2, 0.25) is 5.95 Å². The number of carbonyl (C=O) groups excluding carboxylic acids is 1. The lowest BCUT2D eigenvalue weighted by Crippen LogP contribution is -2.27. The fourth-order valence-electron chi connectivity index (χ4n) is 3.68. The number of hydrogen-bond donors (Lipinski definition) is 0. The van der Waals surface area contributed by atoms with Crippen molar-refractivity contribution >= 4 is 11.9 Å². The number of aromatic nitrogens is 3. The number of esters is 1. The second-order valence-electron chi connectivity index (χ2n) is 6.79. The van der Waals surface area contributed by atoms with Crippen LogP contribution in [0.4, 0.5) is 19.1 Å². The van der Waals surface area contributed by atoms with Gasteiger partial charge in [0, 0.05) is 31.4 Å². The van der Waals surface area contributed by atoms with Crippen LogP contribution >= 0.6 is 0 Å². The Bertz CT molecular complexity index is 880. The molecule has 0 spiro atoms. The van der Waals surface area contributed by atoms with E-state index in [2.05, 4.69) is 19.7 Å². The maximum absolute atomic E-state index is 13.0. The maximum atomic E-state index is 13.0. The van der Waals surface area contributed by atoms with Gasteiger partial charge in [0.05, 0.1) is 13.7 Å². The van der Waals surface area contributed by atoms with E-state index in [4.69, 9.17) is 4.74 Å². The van der Waals surface area contributed by atoms with Crippen LogP contribution in [0.25, 0.3) is 0 Å². The van der Waals surface area contributed by atoms with Gasteiger partial charge >= 0.3 is 12.1 Å². The SMILES string of the molecule is COC(=O)c1ccnc(N2C[C@@H]3[C@H](COc4cccnc4C(F)(F)F)[C@@H]3C2)n1. The van der Waals surface area contributed by atoms with Gasteiger partial charge in [0.25, 0.3) is 0 Å². The number of alkyl halides is 3. The van der Waals surface area contributed by atoms with E-state index in [-0.39, 0.29) is 24.0 Å². The van der Waals surface area contributed by atoms with Crippen LogP contribution in [0.5, 0.6) is 5.75 Å². The molecule has 10 heteroatoms. The van der Waals surface area contributed by atoms with Gasteiger partial charge in [-0.15, -0.1) is 0 Å². The van der Waals surface area contributed by atoms with Crippen LogP contribution in [0.2, 0.25) is 0 Å². The zero-order valence-corrected chi connectivity index (χ0v) is 14.9. The minimum Gasteiger partial charge on any atom is -0.491 e. The smallest absolute Gasteiger partial charge is 0.437 e. The van der Waals surface area contributed by atoms with Gasteiger partial charge in [0.15, 0.2) is 11.4 Å². The number of methoxy groups -OCH3 is 1. The summed E-state index contributed by atoms with van der Waals surface area (Å²) in [5.41, 5.74) is -0.820. The number of hydrogen-bond acceptors (Lipinski definition) is 7. The standard InChI is InChI=1S/C18H17F3N4O3/c1-27-16(26)13-4-6-23-17(24-13)25-7-10-11(8-25)12(10)9-28-14-3-2-5-22-15(14)18(19,20)21/h2-6,10-12H,7-9H2,1H3/t10-,11+,12-. The third kappa shape index (κ3) is 3.46. The Morgan fingerprint density at radius 3 is 2.64 bits per heavy atom. The fraction of sp³-hybridized carbons (Fsp3) is 0.444. The van der Waals surface area contributed by atoms with Gasteiger partial charge in [-0.2, -0.15) is 13.2 Å². The van der Waals surface area contributed by atoms with Crippen LogP contribution in [0.15, 0.2) is 30.6 Å². The van der Waals surface area contributed by atoms with Crippen molar-refractivity contribution in [3.8, 4) is 5.75 Å². The van der Waals surface area contributed by atoms with E-state index in [1.807, 2.05) is 4.90 Å². The molecule has 148 valence electrons. The average molecular weight is 394 g/mol. The molecule has 0 bridgehead atoms. The number of piperidine rings is 1. The number of nitrogens with zero attached hydrogens (tertiary/aromatic N) is 4. The highest BCUT2D eigenvalue weighted by Crippen LogP contribution is 2.52. The van der Waals surface area contributed by atoms with Crippen LogP contribution in [0.3, 0.4) is 0 Å². The molecule has 2 fully saturated rings. The normalized spacial score (nSPS) is 23.3. The first-order valence-corrected chi connectivity index (χ1v) is 8.70. The van der Waals surface area contributed by atoms with Crippen molar-refractivity contribution in [2.75, 3.05) is 31.7 Å². The molecule has 2 aromatic heterocycles. The monoisotopic (exact) mass is 394 g/mol. The summed E-state index contributed by atoms with van der Waals surface area (Å²) in [5.74, 6) is 0.456. The quantitative estimate of drug-likeness (QED) is 0.721. The first kappa shape index (κ1) is 18.5. The van der Waals surface area contributed by atoms with Gasteiger partial charge in [0.1, 0.15) is 5.75 Å². The number of pyridine rings is 1. The summed E-state index contributed by atoms with van der Waals surface area (Å²) in [6, 6.07) is 4.19. The molecule has 0 amide bonds. The molecule has 0 aromatic carbocycles. The molecule has 0 radical (unpaired) electrons. The van der Waals surface area contributed by atoms with Gasteiger partial charge < -0.3 is 14.4 Å². The molecule has 1 aliphatic heterocycles. The first-order valence-electron chi connectivity index (χ1n) is 8.70. The zero-order valence-electron chi connectivity index (χ0n) is 14.9. The number of anilines is 1. The second-order valence-corrected chi connectivity index (χ2v) is 6.79. The number of halogens is 3. The van der Waals surface area contributed by atoms with Crippen molar-refractivity contribution < 1.29 is 27.4 Å². The molecule has 1 saturated carbocycles. The highest BCUT2D eigenvalue weighted by Gasteiger charge is 2.56. The third-order valence-electron chi connectivity index (χ3n) is 5.16. The van der Waals surface area contributed by atoms with Gasteiger partial charge in [-0.1, -0.05) is 0 Å². The van der Waals surface area contributed by atoms with E-state index in [0.717, 1.165) is 6.20 Å². The lowest BCUT2D eigenvalue weighted by atomic mass is 10.2. The number of carbonyl (C=O) groups is 1. The van der Waals surface area contributed by atoms with Crippen LogP contribution < -0.4 is 9.64 Å². The lowest BCUT2D eigenvalue weighted by molar-refractivity contribution is -0.142. The number of fused-ring (bicyclic) bond motifs is 1.